The molecule has 1 unspecified atom stereocenters. The van der Waals surface area contributed by atoms with Gasteiger partial charge in [-0.3, -0.25) is 4.79 Å². The summed E-state index contributed by atoms with van der Waals surface area (Å²) in [6, 6.07) is 6.80. The van der Waals surface area contributed by atoms with E-state index in [2.05, 4.69) is 10.2 Å². The number of rotatable bonds is 2. The van der Waals surface area contributed by atoms with Crippen LogP contribution in [-0.2, 0) is 0 Å². The van der Waals surface area contributed by atoms with Crippen molar-refractivity contribution in [3.8, 4) is 0 Å². The maximum absolute atomic E-state index is 12.8. The Kier molecular flexibility index (Phi) is 4.29. The fourth-order valence-corrected chi connectivity index (χ4v) is 3.93. The lowest BCUT2D eigenvalue weighted by atomic mass is 9.88. The molecule has 2 aliphatic heterocycles. The number of hydrogen-bond acceptors (Lipinski definition) is 2. The number of amides is 1. The maximum atomic E-state index is 12.8. The molecule has 0 radical (unpaired) electrons. The minimum atomic E-state index is 0.225. The van der Waals surface area contributed by atoms with E-state index in [9.17, 15) is 4.79 Å². The van der Waals surface area contributed by atoms with Gasteiger partial charge in [0.05, 0.1) is 0 Å². The average Bonchev–Trinajstić information content (AvgIpc) is 3.01. The van der Waals surface area contributed by atoms with Crippen LogP contribution >= 0.6 is 0 Å². The normalized spacial score (nSPS) is 23.5. The van der Waals surface area contributed by atoms with Crippen LogP contribution in [0.2, 0.25) is 0 Å². The van der Waals surface area contributed by atoms with E-state index in [-0.39, 0.29) is 5.91 Å². The van der Waals surface area contributed by atoms with Gasteiger partial charge >= 0.3 is 0 Å². The van der Waals surface area contributed by atoms with E-state index in [1.165, 1.54) is 19.4 Å². The van der Waals surface area contributed by atoms with Crippen molar-refractivity contribution in [3.05, 3.63) is 34.9 Å². The molecular weight excluding hydrogens is 260 g/mol. The fraction of sp³-hybridized carbons (Fsp3) is 0.611. The Morgan fingerprint density at radius 1 is 1.14 bits per heavy atom. The molecule has 1 aromatic carbocycles. The molecule has 3 heteroatoms. The van der Waals surface area contributed by atoms with E-state index < -0.39 is 0 Å². The van der Waals surface area contributed by atoms with Crippen molar-refractivity contribution in [3.63, 3.8) is 0 Å². The monoisotopic (exact) mass is 286 g/mol. The Morgan fingerprint density at radius 2 is 1.81 bits per heavy atom. The first-order chi connectivity index (χ1) is 10.2. The molecule has 0 aromatic heterocycles. The van der Waals surface area contributed by atoms with Gasteiger partial charge in [0, 0.05) is 24.7 Å². The predicted molar refractivity (Wildman–Crippen MR) is 85.6 cm³/mol. The molecule has 2 saturated heterocycles. The molecule has 0 aliphatic carbocycles. The number of nitrogens with one attached hydrogen (secondary N) is 1. The number of carbonyl (C=O) groups excluding carboxylic acids is 1. The number of aryl methyl sites for hydroxylation is 2. The number of carbonyl (C=O) groups is 1. The molecule has 1 aromatic rings. The van der Waals surface area contributed by atoms with E-state index >= 15 is 0 Å². The molecule has 3 rings (SSSR count). The highest BCUT2D eigenvalue weighted by Crippen LogP contribution is 2.27. The third-order valence-electron chi connectivity index (χ3n) is 5.19. The predicted octanol–water partition coefficient (Wildman–Crippen LogP) is 2.91. The van der Waals surface area contributed by atoms with E-state index in [1.807, 2.05) is 32.0 Å². The third-order valence-corrected chi connectivity index (χ3v) is 5.19. The summed E-state index contributed by atoms with van der Waals surface area (Å²) < 4.78 is 0. The van der Waals surface area contributed by atoms with Gasteiger partial charge < -0.3 is 10.2 Å². The molecule has 2 heterocycles. The molecule has 1 amide bonds. The van der Waals surface area contributed by atoms with Crippen molar-refractivity contribution in [2.45, 2.75) is 45.6 Å². The van der Waals surface area contributed by atoms with Crippen LogP contribution in [0.3, 0.4) is 0 Å². The highest BCUT2D eigenvalue weighted by Gasteiger charge is 2.30. The van der Waals surface area contributed by atoms with E-state index in [4.69, 9.17) is 0 Å². The Morgan fingerprint density at radius 3 is 2.38 bits per heavy atom. The molecule has 3 nitrogen and oxygen atoms in total. The first-order valence-electron chi connectivity index (χ1n) is 8.25. The summed E-state index contributed by atoms with van der Waals surface area (Å²) in [5.41, 5.74) is 3.11. The summed E-state index contributed by atoms with van der Waals surface area (Å²) in [6.07, 6.45) is 4.92. The summed E-state index contributed by atoms with van der Waals surface area (Å²) in [5.74, 6) is 0.984. The lowest BCUT2D eigenvalue weighted by molar-refractivity contribution is 0.0673. The molecule has 1 N–H and O–H groups in total. The van der Waals surface area contributed by atoms with Crippen LogP contribution in [0.1, 0.15) is 47.2 Å². The maximum Gasteiger partial charge on any atom is 0.254 e. The lowest BCUT2D eigenvalue weighted by Gasteiger charge is -2.35. The molecule has 0 spiro atoms. The number of benzene rings is 1. The lowest BCUT2D eigenvalue weighted by Crippen LogP contribution is -2.43. The Hall–Kier alpha value is -1.35. The summed E-state index contributed by atoms with van der Waals surface area (Å²) >= 11 is 0. The number of piperidine rings is 1. The minimum Gasteiger partial charge on any atom is -0.339 e. The molecule has 2 fully saturated rings. The number of hydrogen-bond donors (Lipinski definition) is 1. The van der Waals surface area contributed by atoms with Crippen LogP contribution in [0.15, 0.2) is 18.2 Å². The summed E-state index contributed by atoms with van der Waals surface area (Å²) in [6.45, 7) is 7.07. The summed E-state index contributed by atoms with van der Waals surface area (Å²) in [5, 5.41) is 3.62. The first-order valence-corrected chi connectivity index (χ1v) is 8.25. The summed E-state index contributed by atoms with van der Waals surface area (Å²) in [4.78, 5) is 14.8. The quantitative estimate of drug-likeness (QED) is 0.906. The van der Waals surface area contributed by atoms with Gasteiger partial charge in [-0.05, 0) is 63.1 Å². The fourth-order valence-electron chi connectivity index (χ4n) is 3.93. The van der Waals surface area contributed by atoms with Crippen LogP contribution in [0, 0.1) is 19.8 Å². The Bertz CT molecular complexity index is 492. The van der Waals surface area contributed by atoms with Gasteiger partial charge in [0.2, 0.25) is 0 Å². The molecule has 114 valence electrons. The number of nitrogens with zero attached hydrogens (tertiary/aromatic N) is 1. The molecule has 0 bridgehead atoms. The van der Waals surface area contributed by atoms with E-state index in [1.54, 1.807) is 0 Å². The molecule has 1 atom stereocenters. The van der Waals surface area contributed by atoms with Crippen molar-refractivity contribution in [1.82, 2.24) is 10.2 Å². The number of likely N-dealkylation sites (tertiary alicyclic amines) is 1. The van der Waals surface area contributed by atoms with Crippen molar-refractivity contribution < 1.29 is 4.79 Å². The Balaban J connectivity index is 1.65. The minimum absolute atomic E-state index is 0.225. The zero-order chi connectivity index (χ0) is 14.8. The van der Waals surface area contributed by atoms with Crippen LogP contribution in [0.25, 0.3) is 0 Å². The van der Waals surface area contributed by atoms with Crippen molar-refractivity contribution in [1.29, 1.82) is 0 Å². The zero-order valence-electron chi connectivity index (χ0n) is 13.2. The molecular formula is C18H26N2O. The van der Waals surface area contributed by atoms with Gasteiger partial charge in [-0.25, -0.2) is 0 Å². The zero-order valence-corrected chi connectivity index (χ0v) is 13.2. The van der Waals surface area contributed by atoms with Crippen LogP contribution < -0.4 is 5.32 Å². The second-order valence-electron chi connectivity index (χ2n) is 6.60. The second-order valence-corrected chi connectivity index (χ2v) is 6.60. The highest BCUT2D eigenvalue weighted by atomic mass is 16.2. The highest BCUT2D eigenvalue weighted by molar-refractivity contribution is 5.97. The van der Waals surface area contributed by atoms with Gasteiger partial charge in [0.25, 0.3) is 5.91 Å². The van der Waals surface area contributed by atoms with Crippen molar-refractivity contribution >= 4 is 5.91 Å². The third kappa shape index (κ3) is 2.98. The second kappa shape index (κ2) is 6.18. The SMILES string of the molecule is Cc1cccc(C)c1C(=O)N1CCC(C2CCCN2)CC1. The van der Waals surface area contributed by atoms with Gasteiger partial charge in [-0.1, -0.05) is 18.2 Å². The average molecular weight is 286 g/mol. The van der Waals surface area contributed by atoms with Crippen molar-refractivity contribution in [2.24, 2.45) is 5.92 Å². The van der Waals surface area contributed by atoms with Crippen molar-refractivity contribution in [2.75, 3.05) is 19.6 Å². The van der Waals surface area contributed by atoms with Gasteiger partial charge in [0.15, 0.2) is 0 Å². The van der Waals surface area contributed by atoms with Crippen LogP contribution in [-0.4, -0.2) is 36.5 Å². The topological polar surface area (TPSA) is 32.3 Å². The van der Waals surface area contributed by atoms with E-state index in [0.717, 1.165) is 48.5 Å². The standard InChI is InChI=1S/C18H26N2O/c1-13-5-3-6-14(2)17(13)18(21)20-11-8-15(9-12-20)16-7-4-10-19-16/h3,5-6,15-16,19H,4,7-12H2,1-2H3. The first kappa shape index (κ1) is 14.6. The van der Waals surface area contributed by atoms with Crippen LogP contribution in [0.5, 0.6) is 0 Å². The smallest absolute Gasteiger partial charge is 0.254 e. The summed E-state index contributed by atoms with van der Waals surface area (Å²) in [7, 11) is 0. The molecule has 0 saturated carbocycles. The van der Waals surface area contributed by atoms with Gasteiger partial charge in [-0.2, -0.15) is 0 Å². The van der Waals surface area contributed by atoms with E-state index in [0.29, 0.717) is 6.04 Å². The van der Waals surface area contributed by atoms with Gasteiger partial charge in [0.1, 0.15) is 0 Å². The molecule has 21 heavy (non-hydrogen) atoms. The van der Waals surface area contributed by atoms with Gasteiger partial charge in [-0.15, -0.1) is 0 Å². The molecule has 2 aliphatic rings. The Labute approximate surface area is 127 Å². The van der Waals surface area contributed by atoms with Crippen LogP contribution in [0.4, 0.5) is 0 Å². The largest absolute Gasteiger partial charge is 0.339 e.